The molecule has 1 fully saturated rings. The smallest absolute Gasteiger partial charge is 0.332 e. The molecule has 0 spiro atoms. The SMILES string of the molecule is N[C@@](CF)(Cc1cnc[nH]1)C(=O)OC(c1ccccc1)(c1ccccc1)c1ccccc1.O=C(O)C1CCCO1. The lowest BCUT2D eigenvalue weighted by atomic mass is 9.79. The van der Waals surface area contributed by atoms with E-state index in [9.17, 15) is 14.0 Å². The highest BCUT2D eigenvalue weighted by atomic mass is 19.1. The molecule has 2 heterocycles. The van der Waals surface area contributed by atoms with Gasteiger partial charge in [-0.05, 0) is 12.8 Å². The number of nitrogens with one attached hydrogen (secondary N) is 1. The Bertz CT molecular complexity index is 1250. The van der Waals surface area contributed by atoms with Gasteiger partial charge in [-0.25, -0.2) is 19.0 Å². The molecule has 0 radical (unpaired) electrons. The van der Waals surface area contributed by atoms with Crippen molar-refractivity contribution >= 4 is 11.9 Å². The van der Waals surface area contributed by atoms with E-state index < -0.39 is 35.9 Å². The summed E-state index contributed by atoms with van der Waals surface area (Å²) in [6.07, 6.45) is 3.95. The number of rotatable bonds is 9. The highest BCUT2D eigenvalue weighted by molar-refractivity contribution is 5.82. The van der Waals surface area contributed by atoms with Crippen molar-refractivity contribution in [3.05, 3.63) is 126 Å². The molecule has 1 aliphatic rings. The number of carbonyl (C=O) groups is 2. The second-order valence-electron chi connectivity index (χ2n) is 9.55. The zero-order chi connectivity index (χ0) is 28.4. The van der Waals surface area contributed by atoms with Gasteiger partial charge in [0.25, 0.3) is 0 Å². The molecule has 1 saturated heterocycles. The van der Waals surface area contributed by atoms with Crippen LogP contribution >= 0.6 is 0 Å². The standard InChI is InChI=1S/C26H24FN3O2.C5H8O3/c27-18-25(28,16-23-17-29-19-30-23)24(31)32-26(20-10-4-1-5-11-20,21-12-6-2-7-13-21)22-14-8-3-9-15-22;6-5(7)4-2-1-3-8-4/h1-15,17,19H,16,18,28H2,(H,29,30);4H,1-3H2,(H,6,7)/t25-;/m1./s1. The summed E-state index contributed by atoms with van der Waals surface area (Å²) in [6.45, 7) is -0.476. The molecule has 0 bridgehead atoms. The van der Waals surface area contributed by atoms with E-state index in [0.717, 1.165) is 23.1 Å². The van der Waals surface area contributed by atoms with Crippen LogP contribution in [0.5, 0.6) is 0 Å². The van der Waals surface area contributed by atoms with Gasteiger partial charge >= 0.3 is 11.9 Å². The Balaban J connectivity index is 0.000000398. The molecule has 4 aromatic rings. The first kappa shape index (κ1) is 28.7. The predicted octanol–water partition coefficient (Wildman–Crippen LogP) is 4.40. The number of H-pyrrole nitrogens is 1. The molecule has 4 N–H and O–H groups in total. The third-order valence-corrected chi connectivity index (χ3v) is 6.70. The number of halogens is 1. The molecule has 1 aliphatic heterocycles. The topological polar surface area (TPSA) is 128 Å². The Kier molecular flexibility index (Phi) is 9.42. The quantitative estimate of drug-likeness (QED) is 0.210. The van der Waals surface area contributed by atoms with Crippen LogP contribution in [0.15, 0.2) is 104 Å². The lowest BCUT2D eigenvalue weighted by Crippen LogP contribution is -2.55. The third-order valence-electron chi connectivity index (χ3n) is 6.70. The van der Waals surface area contributed by atoms with Crippen molar-refractivity contribution in [3.8, 4) is 0 Å². The van der Waals surface area contributed by atoms with Gasteiger partial charge in [0.2, 0.25) is 0 Å². The van der Waals surface area contributed by atoms with Gasteiger partial charge in [0.15, 0.2) is 11.7 Å². The van der Waals surface area contributed by atoms with E-state index >= 15 is 0 Å². The summed E-state index contributed by atoms with van der Waals surface area (Å²) in [6, 6.07) is 28.2. The first-order valence-electron chi connectivity index (χ1n) is 13.0. The Labute approximate surface area is 232 Å². The van der Waals surface area contributed by atoms with E-state index in [4.69, 9.17) is 20.3 Å². The summed E-state index contributed by atoms with van der Waals surface area (Å²) in [5.74, 6) is -1.67. The normalized spacial score (nSPS) is 16.3. The number of esters is 1. The fraction of sp³-hybridized carbons (Fsp3) is 0.258. The van der Waals surface area contributed by atoms with Crippen LogP contribution in [0.4, 0.5) is 4.39 Å². The van der Waals surface area contributed by atoms with Gasteiger partial charge in [-0.3, -0.25) is 0 Å². The number of aromatic nitrogens is 2. The van der Waals surface area contributed by atoms with Crippen molar-refractivity contribution in [2.24, 2.45) is 5.73 Å². The Hall–Kier alpha value is -4.34. The predicted molar refractivity (Wildman–Crippen MR) is 147 cm³/mol. The molecular weight excluding hydrogens is 513 g/mol. The van der Waals surface area contributed by atoms with E-state index in [1.807, 2.05) is 91.0 Å². The summed E-state index contributed by atoms with van der Waals surface area (Å²) >= 11 is 0. The largest absolute Gasteiger partial charge is 0.479 e. The van der Waals surface area contributed by atoms with Gasteiger partial charge in [0.05, 0.1) is 6.33 Å². The average Bonchev–Trinajstić information content (AvgIpc) is 3.73. The molecule has 1 aromatic heterocycles. The zero-order valence-corrected chi connectivity index (χ0v) is 21.9. The van der Waals surface area contributed by atoms with Crippen LogP contribution in [-0.4, -0.2) is 51.9 Å². The van der Waals surface area contributed by atoms with E-state index in [1.165, 1.54) is 12.5 Å². The summed E-state index contributed by atoms with van der Waals surface area (Å²) in [7, 11) is 0. The number of ether oxygens (including phenoxy) is 2. The van der Waals surface area contributed by atoms with Gasteiger partial charge < -0.3 is 25.3 Å². The van der Waals surface area contributed by atoms with E-state index in [-0.39, 0.29) is 6.42 Å². The highest BCUT2D eigenvalue weighted by Gasteiger charge is 2.46. The van der Waals surface area contributed by atoms with Gasteiger partial charge in [0.1, 0.15) is 12.2 Å². The maximum absolute atomic E-state index is 14.2. The summed E-state index contributed by atoms with van der Waals surface area (Å²) < 4.78 is 25.3. The minimum atomic E-state index is -1.88. The van der Waals surface area contributed by atoms with Gasteiger partial charge in [0, 0.05) is 41.6 Å². The first-order valence-corrected chi connectivity index (χ1v) is 13.0. The average molecular weight is 546 g/mol. The molecule has 5 rings (SSSR count). The van der Waals surface area contributed by atoms with Crippen molar-refractivity contribution in [1.82, 2.24) is 9.97 Å². The van der Waals surface area contributed by atoms with Gasteiger partial charge in [-0.15, -0.1) is 0 Å². The minimum Gasteiger partial charge on any atom is -0.479 e. The molecular formula is C31H32FN3O5. The molecule has 1 unspecified atom stereocenters. The zero-order valence-electron chi connectivity index (χ0n) is 21.9. The lowest BCUT2D eigenvalue weighted by Gasteiger charge is -2.38. The molecule has 0 aliphatic carbocycles. The van der Waals surface area contributed by atoms with Crippen LogP contribution in [0.2, 0.25) is 0 Å². The third kappa shape index (κ3) is 6.44. The number of carboxylic acids is 1. The fourth-order valence-electron chi connectivity index (χ4n) is 4.60. The molecule has 8 nitrogen and oxygen atoms in total. The van der Waals surface area contributed by atoms with Crippen molar-refractivity contribution in [2.45, 2.75) is 36.5 Å². The maximum atomic E-state index is 14.2. The van der Waals surface area contributed by atoms with Crippen LogP contribution < -0.4 is 5.73 Å². The minimum absolute atomic E-state index is 0.0726. The fourth-order valence-corrected chi connectivity index (χ4v) is 4.60. The highest BCUT2D eigenvalue weighted by Crippen LogP contribution is 2.41. The van der Waals surface area contributed by atoms with Crippen LogP contribution in [0.3, 0.4) is 0 Å². The first-order chi connectivity index (χ1) is 19.4. The number of nitrogens with two attached hydrogens (primary N) is 1. The Morgan fingerprint density at radius 2 is 1.50 bits per heavy atom. The van der Waals surface area contributed by atoms with Crippen molar-refractivity contribution < 1.29 is 28.6 Å². The molecule has 9 heteroatoms. The second kappa shape index (κ2) is 13.1. The molecule has 0 amide bonds. The molecule has 0 saturated carbocycles. The number of carbonyl (C=O) groups excluding carboxylic acids is 1. The number of aromatic amines is 1. The monoisotopic (exact) mass is 545 g/mol. The number of imidazole rings is 1. The number of benzene rings is 3. The second-order valence-corrected chi connectivity index (χ2v) is 9.55. The van der Waals surface area contributed by atoms with E-state index in [1.54, 1.807) is 0 Å². The number of hydrogen-bond donors (Lipinski definition) is 3. The Morgan fingerprint density at radius 3 is 1.85 bits per heavy atom. The molecule has 3 aromatic carbocycles. The van der Waals surface area contributed by atoms with Gasteiger partial charge in [-0.1, -0.05) is 91.0 Å². The lowest BCUT2D eigenvalue weighted by molar-refractivity contribution is -0.161. The summed E-state index contributed by atoms with van der Waals surface area (Å²) in [4.78, 5) is 30.4. The van der Waals surface area contributed by atoms with Crippen LogP contribution in [0.1, 0.15) is 35.2 Å². The van der Waals surface area contributed by atoms with Crippen molar-refractivity contribution in [3.63, 3.8) is 0 Å². The maximum Gasteiger partial charge on any atom is 0.332 e. The number of hydrogen-bond acceptors (Lipinski definition) is 6. The van der Waals surface area contributed by atoms with Crippen LogP contribution in [0, 0.1) is 0 Å². The number of carboxylic acid groups (broad SMARTS) is 1. The molecule has 208 valence electrons. The molecule has 2 atom stereocenters. The number of aliphatic carboxylic acids is 1. The van der Waals surface area contributed by atoms with Crippen molar-refractivity contribution in [2.75, 3.05) is 13.3 Å². The van der Waals surface area contributed by atoms with Gasteiger partial charge in [-0.2, -0.15) is 0 Å². The summed E-state index contributed by atoms with van der Waals surface area (Å²) in [5, 5.41) is 8.29. The van der Waals surface area contributed by atoms with E-state index in [0.29, 0.717) is 18.7 Å². The van der Waals surface area contributed by atoms with E-state index in [2.05, 4.69) is 9.97 Å². The van der Waals surface area contributed by atoms with Crippen LogP contribution in [0.25, 0.3) is 0 Å². The molecule has 40 heavy (non-hydrogen) atoms. The number of nitrogens with zero attached hydrogens (tertiary/aromatic N) is 1. The Morgan fingerprint density at radius 1 is 0.975 bits per heavy atom. The summed E-state index contributed by atoms with van der Waals surface area (Å²) in [5.41, 5.74) is 5.82. The van der Waals surface area contributed by atoms with Crippen molar-refractivity contribution in [1.29, 1.82) is 0 Å². The number of alkyl halides is 1. The van der Waals surface area contributed by atoms with Crippen LogP contribution in [-0.2, 0) is 31.1 Å².